The van der Waals surface area contributed by atoms with Crippen molar-refractivity contribution in [1.82, 2.24) is 0 Å². The Bertz CT molecular complexity index is 252. The van der Waals surface area contributed by atoms with Gasteiger partial charge in [0, 0.05) is 19.8 Å². The second kappa shape index (κ2) is 8.70. The minimum Gasteiger partial charge on any atom is -0.382 e. The summed E-state index contributed by atoms with van der Waals surface area (Å²) in [5.41, 5.74) is 7.39. The van der Waals surface area contributed by atoms with Crippen molar-refractivity contribution < 1.29 is 9.47 Å². The van der Waals surface area contributed by atoms with Crippen molar-refractivity contribution in [2.45, 2.75) is 25.3 Å². The van der Waals surface area contributed by atoms with Gasteiger partial charge >= 0.3 is 0 Å². The van der Waals surface area contributed by atoms with Gasteiger partial charge in [-0.1, -0.05) is 0 Å². The fraction of sp³-hybridized carbons (Fsp3) is 0.667. The van der Waals surface area contributed by atoms with E-state index in [9.17, 15) is 0 Å². The maximum Gasteiger partial charge on any atom is 0.0700 e. The van der Waals surface area contributed by atoms with E-state index in [0.29, 0.717) is 13.2 Å². The van der Waals surface area contributed by atoms with Gasteiger partial charge in [0.05, 0.1) is 13.2 Å². The second-order valence-electron chi connectivity index (χ2n) is 3.82. The zero-order valence-corrected chi connectivity index (χ0v) is 10.7. The highest BCUT2D eigenvalue weighted by Crippen LogP contribution is 2.10. The molecule has 0 amide bonds. The highest BCUT2D eigenvalue weighted by atomic mass is 32.1. The van der Waals surface area contributed by atoms with Gasteiger partial charge in [-0.3, -0.25) is 0 Å². The predicted octanol–water partition coefficient (Wildman–Crippen LogP) is 2.06. The summed E-state index contributed by atoms with van der Waals surface area (Å²) < 4.78 is 10.3. The van der Waals surface area contributed by atoms with Crippen LogP contribution in [0, 0.1) is 0 Å². The van der Waals surface area contributed by atoms with Crippen LogP contribution in [-0.4, -0.2) is 33.0 Å². The molecule has 1 atom stereocenters. The van der Waals surface area contributed by atoms with Gasteiger partial charge in [0.25, 0.3) is 0 Å². The van der Waals surface area contributed by atoms with E-state index in [0.717, 1.165) is 25.9 Å². The summed E-state index contributed by atoms with van der Waals surface area (Å²) >= 11 is 1.74. The summed E-state index contributed by atoms with van der Waals surface area (Å²) in [7, 11) is 1.68. The Morgan fingerprint density at radius 2 is 2.19 bits per heavy atom. The maximum absolute atomic E-state index is 6.00. The Balaban J connectivity index is 1.96. The molecule has 1 heterocycles. The summed E-state index contributed by atoms with van der Waals surface area (Å²) in [5, 5.41) is 4.29. The number of ether oxygens (including phenoxy) is 2. The smallest absolute Gasteiger partial charge is 0.0700 e. The lowest BCUT2D eigenvalue weighted by atomic mass is 10.1. The van der Waals surface area contributed by atoms with Gasteiger partial charge in [-0.2, -0.15) is 11.3 Å². The van der Waals surface area contributed by atoms with Gasteiger partial charge in [0.15, 0.2) is 0 Å². The molecule has 0 saturated heterocycles. The first-order valence-corrected chi connectivity index (χ1v) is 6.60. The summed E-state index contributed by atoms with van der Waals surface area (Å²) in [6, 6.07) is 2.40. The van der Waals surface area contributed by atoms with E-state index in [4.69, 9.17) is 15.2 Å². The number of methoxy groups -OCH3 is 1. The van der Waals surface area contributed by atoms with E-state index in [-0.39, 0.29) is 6.04 Å². The molecule has 1 unspecified atom stereocenters. The molecular formula is C12H21NO2S. The molecule has 0 aliphatic rings. The van der Waals surface area contributed by atoms with Crippen molar-refractivity contribution in [3.05, 3.63) is 22.4 Å². The quantitative estimate of drug-likeness (QED) is 0.675. The van der Waals surface area contributed by atoms with E-state index in [2.05, 4.69) is 16.8 Å². The molecule has 3 nitrogen and oxygen atoms in total. The van der Waals surface area contributed by atoms with E-state index < -0.39 is 0 Å². The van der Waals surface area contributed by atoms with Crippen LogP contribution >= 0.6 is 11.3 Å². The van der Waals surface area contributed by atoms with Crippen molar-refractivity contribution in [3.63, 3.8) is 0 Å². The van der Waals surface area contributed by atoms with Gasteiger partial charge < -0.3 is 15.2 Å². The van der Waals surface area contributed by atoms with Gasteiger partial charge in [-0.25, -0.2) is 0 Å². The predicted molar refractivity (Wildman–Crippen MR) is 67.9 cm³/mol. The molecule has 92 valence electrons. The first kappa shape index (κ1) is 13.6. The Hall–Kier alpha value is -0.420. The summed E-state index contributed by atoms with van der Waals surface area (Å²) in [4.78, 5) is 0. The standard InChI is InChI=1S/C12H21NO2S/c1-14-7-8-15-6-4-12(13)3-2-11-5-9-16-10-11/h5,9-10,12H,2-4,6-8,13H2,1H3. The van der Waals surface area contributed by atoms with Gasteiger partial charge in [0.2, 0.25) is 0 Å². The topological polar surface area (TPSA) is 44.5 Å². The van der Waals surface area contributed by atoms with E-state index in [1.807, 2.05) is 0 Å². The third-order valence-electron chi connectivity index (χ3n) is 2.45. The fourth-order valence-corrected chi connectivity index (χ4v) is 2.11. The zero-order chi connectivity index (χ0) is 11.6. The molecule has 1 rings (SSSR count). The van der Waals surface area contributed by atoms with Crippen LogP contribution < -0.4 is 5.73 Å². The minimum atomic E-state index is 0.238. The molecule has 1 aromatic heterocycles. The first-order valence-electron chi connectivity index (χ1n) is 5.66. The largest absolute Gasteiger partial charge is 0.382 e. The molecule has 16 heavy (non-hydrogen) atoms. The van der Waals surface area contributed by atoms with Gasteiger partial charge in [-0.05, 0) is 41.7 Å². The number of thiophene rings is 1. The number of hydrogen-bond acceptors (Lipinski definition) is 4. The summed E-state index contributed by atoms with van der Waals surface area (Å²) in [6.45, 7) is 2.05. The van der Waals surface area contributed by atoms with E-state index in [1.165, 1.54) is 5.56 Å². The lowest BCUT2D eigenvalue weighted by molar-refractivity contribution is 0.0669. The fourth-order valence-electron chi connectivity index (χ4n) is 1.41. The highest BCUT2D eigenvalue weighted by molar-refractivity contribution is 7.07. The maximum atomic E-state index is 6.00. The van der Waals surface area contributed by atoms with Crippen molar-refractivity contribution in [3.8, 4) is 0 Å². The van der Waals surface area contributed by atoms with Crippen LogP contribution in [0.1, 0.15) is 18.4 Å². The Labute approximate surface area is 102 Å². The molecule has 0 aliphatic heterocycles. The second-order valence-corrected chi connectivity index (χ2v) is 4.60. The number of aryl methyl sites for hydroxylation is 1. The Kier molecular flexibility index (Phi) is 7.42. The van der Waals surface area contributed by atoms with Crippen molar-refractivity contribution in [2.75, 3.05) is 26.9 Å². The van der Waals surface area contributed by atoms with Gasteiger partial charge in [-0.15, -0.1) is 0 Å². The zero-order valence-electron chi connectivity index (χ0n) is 9.85. The molecule has 0 bridgehead atoms. The van der Waals surface area contributed by atoms with Crippen molar-refractivity contribution >= 4 is 11.3 Å². The minimum absolute atomic E-state index is 0.238. The van der Waals surface area contributed by atoms with E-state index in [1.54, 1.807) is 18.4 Å². The average Bonchev–Trinajstić information content (AvgIpc) is 2.79. The molecule has 2 N–H and O–H groups in total. The van der Waals surface area contributed by atoms with Crippen LogP contribution in [0.2, 0.25) is 0 Å². The molecule has 0 radical (unpaired) electrons. The molecular weight excluding hydrogens is 222 g/mol. The SMILES string of the molecule is COCCOCCC(N)CCc1ccsc1. The van der Waals surface area contributed by atoms with E-state index >= 15 is 0 Å². The molecule has 0 aromatic carbocycles. The molecule has 0 spiro atoms. The number of hydrogen-bond donors (Lipinski definition) is 1. The summed E-state index contributed by atoms with van der Waals surface area (Å²) in [5.74, 6) is 0. The number of nitrogens with two attached hydrogens (primary N) is 1. The van der Waals surface area contributed by atoms with Crippen LogP contribution in [0.5, 0.6) is 0 Å². The van der Waals surface area contributed by atoms with Crippen LogP contribution in [0.25, 0.3) is 0 Å². The Morgan fingerprint density at radius 3 is 2.88 bits per heavy atom. The lowest BCUT2D eigenvalue weighted by Crippen LogP contribution is -2.23. The molecule has 0 aliphatic carbocycles. The van der Waals surface area contributed by atoms with Crippen molar-refractivity contribution in [1.29, 1.82) is 0 Å². The van der Waals surface area contributed by atoms with Gasteiger partial charge in [0.1, 0.15) is 0 Å². The third-order valence-corrected chi connectivity index (χ3v) is 3.18. The van der Waals surface area contributed by atoms with Crippen LogP contribution in [0.3, 0.4) is 0 Å². The van der Waals surface area contributed by atoms with Crippen LogP contribution in [-0.2, 0) is 15.9 Å². The van der Waals surface area contributed by atoms with Crippen molar-refractivity contribution in [2.24, 2.45) is 5.73 Å². The molecule has 4 heteroatoms. The van der Waals surface area contributed by atoms with Crippen LogP contribution in [0.4, 0.5) is 0 Å². The van der Waals surface area contributed by atoms with Crippen LogP contribution in [0.15, 0.2) is 16.8 Å². The monoisotopic (exact) mass is 243 g/mol. The normalized spacial score (nSPS) is 12.9. The molecule has 0 fully saturated rings. The molecule has 0 saturated carbocycles. The highest BCUT2D eigenvalue weighted by Gasteiger charge is 2.03. The average molecular weight is 243 g/mol. The summed E-state index contributed by atoms with van der Waals surface area (Å²) in [6.07, 6.45) is 3.03. The Morgan fingerprint density at radius 1 is 1.31 bits per heavy atom. The third kappa shape index (κ3) is 6.23. The lowest BCUT2D eigenvalue weighted by Gasteiger charge is -2.11. The first-order chi connectivity index (χ1) is 7.83. The number of rotatable bonds is 9. The molecule has 1 aromatic rings.